The van der Waals surface area contributed by atoms with Crippen LogP contribution in [0.4, 0.5) is 0 Å². The summed E-state index contributed by atoms with van der Waals surface area (Å²) >= 11 is 0. The van der Waals surface area contributed by atoms with E-state index in [-0.39, 0.29) is 12.5 Å². The van der Waals surface area contributed by atoms with Crippen molar-refractivity contribution in [1.29, 1.82) is 0 Å². The molecule has 0 saturated carbocycles. The van der Waals surface area contributed by atoms with Gasteiger partial charge in [-0.25, -0.2) is 0 Å². The lowest BCUT2D eigenvalue weighted by Gasteiger charge is -2.39. The summed E-state index contributed by atoms with van der Waals surface area (Å²) < 4.78 is 16.7. The largest absolute Gasteiger partial charge is 0.387 e. The van der Waals surface area contributed by atoms with Crippen molar-refractivity contribution in [3.8, 4) is 11.4 Å². The molecule has 1 amide bonds. The zero-order chi connectivity index (χ0) is 28.3. The molecule has 11 nitrogen and oxygen atoms in total. The third-order valence-corrected chi connectivity index (χ3v) is 6.82. The van der Waals surface area contributed by atoms with Crippen LogP contribution in [0.3, 0.4) is 0 Å². The molecule has 11 heteroatoms. The fourth-order valence-electron chi connectivity index (χ4n) is 4.06. The molecule has 1 aromatic carbocycles. The number of ether oxygens (including phenoxy) is 3. The summed E-state index contributed by atoms with van der Waals surface area (Å²) in [4.78, 5) is 13.2. The van der Waals surface area contributed by atoms with E-state index in [1.807, 2.05) is 38.1 Å². The first-order chi connectivity index (χ1) is 18.1. The summed E-state index contributed by atoms with van der Waals surface area (Å²) in [6.45, 7) is 9.72. The SMILES string of the molecule is CCCCC(C)(CC)O[C@H](C(C)C(=O)NCc1ccc(-c2nnc(C)nn2)cc1)C(O)C(O)C(OC)OC. The molecule has 1 aromatic heterocycles. The Morgan fingerprint density at radius 1 is 1.03 bits per heavy atom. The van der Waals surface area contributed by atoms with Crippen LogP contribution in [0.25, 0.3) is 11.4 Å². The van der Waals surface area contributed by atoms with E-state index < -0.39 is 36.1 Å². The highest BCUT2D eigenvalue weighted by Crippen LogP contribution is 2.30. The van der Waals surface area contributed by atoms with Gasteiger partial charge in [0.2, 0.25) is 11.7 Å². The number of benzene rings is 1. The Hall–Kier alpha value is -2.57. The molecular weight excluding hydrogens is 490 g/mol. The summed E-state index contributed by atoms with van der Waals surface area (Å²) in [5.74, 6) is -0.189. The number of rotatable bonds is 16. The van der Waals surface area contributed by atoms with Gasteiger partial charge in [-0.2, -0.15) is 0 Å². The molecular formula is C27H43N5O6. The zero-order valence-corrected chi connectivity index (χ0v) is 23.5. The topological polar surface area (TPSA) is 149 Å². The van der Waals surface area contributed by atoms with E-state index in [0.29, 0.717) is 18.1 Å². The molecule has 3 N–H and O–H groups in total. The quantitative estimate of drug-likeness (QED) is 0.275. The third kappa shape index (κ3) is 8.74. The standard InChI is InChI=1S/C27H43N5O6/c1-8-10-15-27(5,9-2)38-23(21(33)22(34)26(36-6)37-7)17(3)25(35)28-16-19-11-13-20(14-12-19)24-31-29-18(4)30-32-24/h11-14,17,21-23,26,33-34H,8-10,15-16H2,1-7H3,(H,28,35)/t17?,21?,22?,23-,27?/m1/s1. The molecule has 38 heavy (non-hydrogen) atoms. The van der Waals surface area contributed by atoms with Crippen molar-refractivity contribution < 1.29 is 29.2 Å². The average Bonchev–Trinajstić information content (AvgIpc) is 2.94. The minimum atomic E-state index is -1.43. The number of unbranched alkanes of at least 4 members (excludes halogenated alkanes) is 1. The molecule has 0 fully saturated rings. The molecule has 4 unspecified atom stereocenters. The van der Waals surface area contributed by atoms with E-state index in [2.05, 4.69) is 32.6 Å². The first-order valence-electron chi connectivity index (χ1n) is 13.1. The lowest BCUT2D eigenvalue weighted by atomic mass is 9.91. The number of nitrogens with one attached hydrogen (secondary N) is 1. The van der Waals surface area contributed by atoms with E-state index in [9.17, 15) is 15.0 Å². The van der Waals surface area contributed by atoms with Gasteiger partial charge in [0.25, 0.3) is 0 Å². The van der Waals surface area contributed by atoms with Crippen LogP contribution in [0.15, 0.2) is 24.3 Å². The van der Waals surface area contributed by atoms with E-state index in [1.165, 1.54) is 14.2 Å². The molecule has 0 spiro atoms. The number of aliphatic hydroxyl groups excluding tert-OH is 2. The number of hydrogen-bond donors (Lipinski definition) is 3. The van der Waals surface area contributed by atoms with Crippen molar-refractivity contribution in [2.24, 2.45) is 5.92 Å². The highest BCUT2D eigenvalue weighted by atomic mass is 16.7. The van der Waals surface area contributed by atoms with Crippen LogP contribution >= 0.6 is 0 Å². The number of carbonyl (C=O) groups is 1. The van der Waals surface area contributed by atoms with Gasteiger partial charge < -0.3 is 29.7 Å². The lowest BCUT2D eigenvalue weighted by Crippen LogP contribution is -2.54. The van der Waals surface area contributed by atoms with Gasteiger partial charge in [-0.15, -0.1) is 20.4 Å². The minimum absolute atomic E-state index is 0.264. The number of aliphatic hydroxyl groups is 2. The number of carbonyl (C=O) groups excluding carboxylic acids is 1. The van der Waals surface area contributed by atoms with Crippen LogP contribution in [-0.4, -0.2) is 80.9 Å². The van der Waals surface area contributed by atoms with Crippen molar-refractivity contribution in [2.75, 3.05) is 14.2 Å². The van der Waals surface area contributed by atoms with Gasteiger partial charge in [0.15, 0.2) is 12.1 Å². The molecule has 0 saturated heterocycles. The van der Waals surface area contributed by atoms with E-state index in [1.54, 1.807) is 13.8 Å². The zero-order valence-electron chi connectivity index (χ0n) is 23.5. The Bertz CT molecular complexity index is 973. The minimum Gasteiger partial charge on any atom is -0.387 e. The number of hydrogen-bond acceptors (Lipinski definition) is 10. The number of aryl methyl sites for hydroxylation is 1. The molecule has 1 heterocycles. The lowest BCUT2D eigenvalue weighted by molar-refractivity contribution is -0.228. The van der Waals surface area contributed by atoms with Gasteiger partial charge in [0, 0.05) is 26.3 Å². The van der Waals surface area contributed by atoms with Crippen molar-refractivity contribution in [2.45, 2.75) is 97.0 Å². The van der Waals surface area contributed by atoms with Gasteiger partial charge in [-0.3, -0.25) is 4.79 Å². The van der Waals surface area contributed by atoms with Crippen molar-refractivity contribution in [3.63, 3.8) is 0 Å². The summed E-state index contributed by atoms with van der Waals surface area (Å²) in [6.07, 6.45) is -1.55. The third-order valence-electron chi connectivity index (χ3n) is 6.82. The number of nitrogens with zero attached hydrogens (tertiary/aromatic N) is 4. The predicted molar refractivity (Wildman–Crippen MR) is 142 cm³/mol. The van der Waals surface area contributed by atoms with Gasteiger partial charge in [-0.05, 0) is 32.3 Å². The first-order valence-corrected chi connectivity index (χ1v) is 13.1. The maximum absolute atomic E-state index is 13.2. The molecule has 212 valence electrons. The summed E-state index contributed by atoms with van der Waals surface area (Å²) in [7, 11) is 2.74. The highest BCUT2D eigenvalue weighted by Gasteiger charge is 2.42. The van der Waals surface area contributed by atoms with Crippen LogP contribution in [0.1, 0.15) is 64.8 Å². The second-order valence-corrected chi connectivity index (χ2v) is 9.78. The van der Waals surface area contributed by atoms with Crippen molar-refractivity contribution in [3.05, 3.63) is 35.7 Å². The van der Waals surface area contributed by atoms with Crippen molar-refractivity contribution >= 4 is 5.91 Å². The van der Waals surface area contributed by atoms with E-state index in [4.69, 9.17) is 14.2 Å². The first kappa shape index (κ1) is 31.6. The molecule has 2 aromatic rings. The molecule has 5 atom stereocenters. The second-order valence-electron chi connectivity index (χ2n) is 9.78. The Morgan fingerprint density at radius 3 is 2.16 bits per heavy atom. The van der Waals surface area contributed by atoms with Crippen LogP contribution in [0.2, 0.25) is 0 Å². The number of methoxy groups -OCH3 is 2. The Morgan fingerprint density at radius 2 is 1.63 bits per heavy atom. The van der Waals surface area contributed by atoms with E-state index in [0.717, 1.165) is 30.4 Å². The Labute approximate surface area is 225 Å². The predicted octanol–water partition coefficient (Wildman–Crippen LogP) is 2.58. The van der Waals surface area contributed by atoms with Crippen LogP contribution in [-0.2, 0) is 25.5 Å². The van der Waals surface area contributed by atoms with Gasteiger partial charge in [0.1, 0.15) is 12.2 Å². The fraction of sp³-hybridized carbons (Fsp3) is 0.667. The normalized spacial score (nSPS) is 16.5. The molecule has 0 bridgehead atoms. The summed E-state index contributed by atoms with van der Waals surface area (Å²) in [5.41, 5.74) is 1.04. The molecule has 0 radical (unpaired) electrons. The summed E-state index contributed by atoms with van der Waals surface area (Å²) in [6, 6.07) is 7.38. The second kappa shape index (κ2) is 15.1. The molecule has 2 rings (SSSR count). The molecule has 0 aliphatic rings. The number of amides is 1. The smallest absolute Gasteiger partial charge is 0.225 e. The number of aromatic nitrogens is 4. The monoisotopic (exact) mass is 533 g/mol. The fourth-order valence-corrected chi connectivity index (χ4v) is 4.06. The summed E-state index contributed by atoms with van der Waals surface area (Å²) in [5, 5.41) is 40.7. The highest BCUT2D eigenvalue weighted by molar-refractivity contribution is 5.79. The maximum Gasteiger partial charge on any atom is 0.225 e. The van der Waals surface area contributed by atoms with E-state index >= 15 is 0 Å². The maximum atomic E-state index is 13.2. The van der Waals surface area contributed by atoms with Crippen LogP contribution < -0.4 is 5.32 Å². The molecule has 0 aliphatic heterocycles. The average molecular weight is 534 g/mol. The Kier molecular flexibility index (Phi) is 12.6. The Balaban J connectivity index is 2.15. The van der Waals surface area contributed by atoms with Gasteiger partial charge in [-0.1, -0.05) is 57.9 Å². The van der Waals surface area contributed by atoms with Crippen molar-refractivity contribution in [1.82, 2.24) is 25.7 Å². The van der Waals surface area contributed by atoms with Crippen LogP contribution in [0, 0.1) is 12.8 Å². The van der Waals surface area contributed by atoms with Gasteiger partial charge >= 0.3 is 0 Å². The van der Waals surface area contributed by atoms with Crippen LogP contribution in [0.5, 0.6) is 0 Å². The molecule has 0 aliphatic carbocycles. The van der Waals surface area contributed by atoms with Gasteiger partial charge in [0.05, 0.1) is 17.6 Å².